The summed E-state index contributed by atoms with van der Waals surface area (Å²) in [7, 11) is 0. The lowest BCUT2D eigenvalue weighted by Crippen LogP contribution is -2.45. The summed E-state index contributed by atoms with van der Waals surface area (Å²) >= 11 is 0. The number of amides is 2. The number of nitrogens with two attached hydrogens (primary N) is 1. The number of nitrogens with one attached hydrogen (secondary N) is 2. The van der Waals surface area contributed by atoms with E-state index in [4.69, 9.17) is 5.73 Å². The van der Waals surface area contributed by atoms with Crippen LogP contribution in [-0.2, 0) is 9.59 Å². The van der Waals surface area contributed by atoms with Crippen molar-refractivity contribution in [2.75, 3.05) is 6.54 Å². The molecule has 0 spiro atoms. The molecule has 5 nitrogen and oxygen atoms in total. The summed E-state index contributed by atoms with van der Waals surface area (Å²) in [5.41, 5.74) is 5.72. The SMILES string of the molecule is CC(C)(C)NC(=O)CCNC(=O)C(N)CC1CCCCC1. The van der Waals surface area contributed by atoms with E-state index >= 15 is 0 Å². The Morgan fingerprint density at radius 3 is 2.38 bits per heavy atom. The highest BCUT2D eigenvalue weighted by molar-refractivity contribution is 5.82. The third-order valence-electron chi connectivity index (χ3n) is 3.81. The van der Waals surface area contributed by atoms with Crippen LogP contribution in [0, 0.1) is 5.92 Å². The summed E-state index contributed by atoms with van der Waals surface area (Å²) in [6.07, 6.45) is 7.25. The van der Waals surface area contributed by atoms with Gasteiger partial charge < -0.3 is 16.4 Å². The number of rotatable bonds is 6. The van der Waals surface area contributed by atoms with Gasteiger partial charge >= 0.3 is 0 Å². The van der Waals surface area contributed by atoms with Gasteiger partial charge in [-0.3, -0.25) is 9.59 Å². The molecule has 5 heteroatoms. The van der Waals surface area contributed by atoms with Gasteiger partial charge in [-0.05, 0) is 33.1 Å². The van der Waals surface area contributed by atoms with Crippen LogP contribution in [0.2, 0.25) is 0 Å². The molecular weight excluding hydrogens is 266 g/mol. The van der Waals surface area contributed by atoms with Gasteiger partial charge in [-0.2, -0.15) is 0 Å². The van der Waals surface area contributed by atoms with Crippen molar-refractivity contribution in [3.63, 3.8) is 0 Å². The minimum absolute atomic E-state index is 0.0522. The fourth-order valence-electron chi connectivity index (χ4n) is 2.80. The first-order valence-corrected chi connectivity index (χ1v) is 8.12. The van der Waals surface area contributed by atoms with E-state index < -0.39 is 6.04 Å². The molecule has 0 heterocycles. The number of carbonyl (C=O) groups excluding carboxylic acids is 2. The van der Waals surface area contributed by atoms with Crippen molar-refractivity contribution in [2.24, 2.45) is 11.7 Å². The maximum absolute atomic E-state index is 11.9. The van der Waals surface area contributed by atoms with Crippen LogP contribution < -0.4 is 16.4 Å². The normalized spacial score (nSPS) is 18.1. The Hall–Kier alpha value is -1.10. The maximum Gasteiger partial charge on any atom is 0.236 e. The van der Waals surface area contributed by atoms with E-state index in [9.17, 15) is 9.59 Å². The monoisotopic (exact) mass is 297 g/mol. The topological polar surface area (TPSA) is 84.2 Å². The smallest absolute Gasteiger partial charge is 0.236 e. The highest BCUT2D eigenvalue weighted by atomic mass is 16.2. The van der Waals surface area contributed by atoms with Gasteiger partial charge in [-0.1, -0.05) is 32.1 Å². The Balaban J connectivity index is 2.18. The second kappa shape index (κ2) is 8.37. The van der Waals surface area contributed by atoms with Crippen LogP contribution in [0.15, 0.2) is 0 Å². The van der Waals surface area contributed by atoms with Crippen molar-refractivity contribution >= 4 is 11.8 Å². The Kier molecular flexibility index (Phi) is 7.15. The van der Waals surface area contributed by atoms with E-state index in [1.807, 2.05) is 20.8 Å². The summed E-state index contributed by atoms with van der Waals surface area (Å²) in [6.45, 7) is 6.15. The second-order valence-corrected chi connectivity index (χ2v) is 7.19. The van der Waals surface area contributed by atoms with Crippen molar-refractivity contribution in [1.82, 2.24) is 10.6 Å². The summed E-state index contributed by atoms with van der Waals surface area (Å²) in [4.78, 5) is 23.5. The first kappa shape index (κ1) is 18.0. The number of hydrogen-bond acceptors (Lipinski definition) is 3. The molecule has 1 aliphatic carbocycles. The molecular formula is C16H31N3O2. The van der Waals surface area contributed by atoms with Crippen LogP contribution in [0.3, 0.4) is 0 Å². The quantitative estimate of drug-likeness (QED) is 0.697. The molecule has 0 saturated heterocycles. The van der Waals surface area contributed by atoms with Crippen molar-refractivity contribution in [3.8, 4) is 0 Å². The third kappa shape index (κ3) is 8.05. The summed E-state index contributed by atoms with van der Waals surface area (Å²) in [5.74, 6) is 0.400. The fraction of sp³-hybridized carbons (Fsp3) is 0.875. The minimum Gasteiger partial charge on any atom is -0.354 e. The fourth-order valence-corrected chi connectivity index (χ4v) is 2.80. The van der Waals surface area contributed by atoms with Gasteiger partial charge in [-0.15, -0.1) is 0 Å². The molecule has 2 amide bonds. The van der Waals surface area contributed by atoms with Gasteiger partial charge in [0.1, 0.15) is 0 Å². The first-order chi connectivity index (χ1) is 9.78. The van der Waals surface area contributed by atoms with Crippen molar-refractivity contribution in [2.45, 2.75) is 77.3 Å². The second-order valence-electron chi connectivity index (χ2n) is 7.19. The molecule has 1 unspecified atom stereocenters. The Morgan fingerprint density at radius 1 is 1.19 bits per heavy atom. The van der Waals surface area contributed by atoms with E-state index in [1.165, 1.54) is 32.1 Å². The third-order valence-corrected chi connectivity index (χ3v) is 3.81. The Labute approximate surface area is 128 Å². The van der Waals surface area contributed by atoms with Crippen LogP contribution in [-0.4, -0.2) is 29.9 Å². The molecule has 1 aliphatic rings. The zero-order chi connectivity index (χ0) is 15.9. The molecule has 1 saturated carbocycles. The summed E-state index contributed by atoms with van der Waals surface area (Å²) in [5, 5.41) is 5.63. The van der Waals surface area contributed by atoms with E-state index in [2.05, 4.69) is 10.6 Å². The van der Waals surface area contributed by atoms with E-state index in [1.54, 1.807) is 0 Å². The molecule has 0 aromatic heterocycles. The highest BCUT2D eigenvalue weighted by Crippen LogP contribution is 2.26. The van der Waals surface area contributed by atoms with Gasteiger partial charge in [0, 0.05) is 18.5 Å². The predicted octanol–water partition coefficient (Wildman–Crippen LogP) is 1.71. The van der Waals surface area contributed by atoms with E-state index in [0.717, 1.165) is 6.42 Å². The van der Waals surface area contributed by atoms with Gasteiger partial charge in [0.15, 0.2) is 0 Å². The van der Waals surface area contributed by atoms with Gasteiger partial charge in [0.05, 0.1) is 6.04 Å². The Bertz CT molecular complexity index is 344. The van der Waals surface area contributed by atoms with Gasteiger partial charge in [0.25, 0.3) is 0 Å². The van der Waals surface area contributed by atoms with Crippen LogP contribution in [0.5, 0.6) is 0 Å². The molecule has 21 heavy (non-hydrogen) atoms. The van der Waals surface area contributed by atoms with Gasteiger partial charge in [-0.25, -0.2) is 0 Å². The molecule has 1 atom stereocenters. The van der Waals surface area contributed by atoms with Crippen molar-refractivity contribution in [3.05, 3.63) is 0 Å². The van der Waals surface area contributed by atoms with Gasteiger partial charge in [0.2, 0.25) is 11.8 Å². The lowest BCUT2D eigenvalue weighted by atomic mass is 9.85. The highest BCUT2D eigenvalue weighted by Gasteiger charge is 2.21. The molecule has 0 bridgehead atoms. The number of hydrogen-bond donors (Lipinski definition) is 3. The molecule has 0 aliphatic heterocycles. The lowest BCUT2D eigenvalue weighted by Gasteiger charge is -2.24. The van der Waals surface area contributed by atoms with Crippen LogP contribution >= 0.6 is 0 Å². The summed E-state index contributed by atoms with van der Waals surface area (Å²) in [6, 6.07) is -0.446. The first-order valence-electron chi connectivity index (χ1n) is 8.12. The maximum atomic E-state index is 11.9. The molecule has 122 valence electrons. The largest absolute Gasteiger partial charge is 0.354 e. The minimum atomic E-state index is -0.446. The average molecular weight is 297 g/mol. The summed E-state index contributed by atoms with van der Waals surface area (Å²) < 4.78 is 0. The van der Waals surface area contributed by atoms with Crippen LogP contribution in [0.4, 0.5) is 0 Å². The zero-order valence-electron chi connectivity index (χ0n) is 13.7. The standard InChI is InChI=1S/C16H31N3O2/c1-16(2,3)19-14(20)9-10-18-15(21)13(17)11-12-7-5-4-6-8-12/h12-13H,4-11,17H2,1-3H3,(H,18,21)(H,19,20). The molecule has 0 aromatic rings. The van der Waals surface area contributed by atoms with E-state index in [-0.39, 0.29) is 17.4 Å². The van der Waals surface area contributed by atoms with Crippen molar-refractivity contribution in [1.29, 1.82) is 0 Å². The molecule has 4 N–H and O–H groups in total. The molecule has 1 fully saturated rings. The lowest BCUT2D eigenvalue weighted by molar-refractivity contribution is -0.123. The van der Waals surface area contributed by atoms with Crippen molar-refractivity contribution < 1.29 is 9.59 Å². The number of carbonyl (C=O) groups is 2. The molecule has 1 rings (SSSR count). The molecule has 0 aromatic carbocycles. The van der Waals surface area contributed by atoms with E-state index in [0.29, 0.717) is 18.9 Å². The predicted molar refractivity (Wildman–Crippen MR) is 84.7 cm³/mol. The average Bonchev–Trinajstić information content (AvgIpc) is 2.37. The van der Waals surface area contributed by atoms with Crippen LogP contribution in [0.25, 0.3) is 0 Å². The Morgan fingerprint density at radius 2 is 1.81 bits per heavy atom. The van der Waals surface area contributed by atoms with Crippen LogP contribution in [0.1, 0.15) is 65.7 Å². The molecule has 0 radical (unpaired) electrons. The zero-order valence-corrected chi connectivity index (χ0v) is 13.7.